The van der Waals surface area contributed by atoms with Crippen molar-refractivity contribution in [1.82, 2.24) is 9.88 Å². The lowest BCUT2D eigenvalue weighted by atomic mass is 9.87. The molecule has 2 heterocycles. The van der Waals surface area contributed by atoms with E-state index < -0.39 is 18.8 Å². The number of alkyl halides is 3. The highest BCUT2D eigenvalue weighted by atomic mass is 19.4. The normalized spacial score (nSPS) is 18.5. The Morgan fingerprint density at radius 2 is 1.96 bits per heavy atom. The van der Waals surface area contributed by atoms with Crippen LogP contribution < -0.4 is 5.73 Å². The first-order chi connectivity index (χ1) is 11.3. The lowest BCUT2D eigenvalue weighted by Gasteiger charge is -2.38. The summed E-state index contributed by atoms with van der Waals surface area (Å²) in [6.45, 7) is 3.21. The Kier molecular flexibility index (Phi) is 4.25. The second kappa shape index (κ2) is 6.09. The number of halogens is 3. The van der Waals surface area contributed by atoms with E-state index >= 15 is 0 Å². The van der Waals surface area contributed by atoms with Gasteiger partial charge >= 0.3 is 6.18 Å². The summed E-state index contributed by atoms with van der Waals surface area (Å²) < 4.78 is 39.1. The van der Waals surface area contributed by atoms with Crippen molar-refractivity contribution >= 4 is 5.69 Å². The van der Waals surface area contributed by atoms with Gasteiger partial charge in [0.15, 0.2) is 0 Å². The number of hydrogen-bond acceptors (Lipinski definition) is 3. The smallest absolute Gasteiger partial charge is 0.399 e. The number of aryl methyl sites for hydroxylation is 1. The lowest BCUT2D eigenvalue weighted by molar-refractivity contribution is -0.150. The Balaban J connectivity index is 2.10. The van der Waals surface area contributed by atoms with Crippen molar-refractivity contribution in [3.8, 4) is 0 Å². The van der Waals surface area contributed by atoms with Gasteiger partial charge in [0.1, 0.15) is 0 Å². The van der Waals surface area contributed by atoms with E-state index in [2.05, 4.69) is 4.98 Å². The topological polar surface area (TPSA) is 42.1 Å². The molecule has 6 heteroatoms. The zero-order valence-electron chi connectivity index (χ0n) is 13.7. The molecule has 2 aromatic rings. The molecule has 128 valence electrons. The fourth-order valence-corrected chi connectivity index (χ4v) is 3.35. The Morgan fingerprint density at radius 1 is 1.21 bits per heavy atom. The van der Waals surface area contributed by atoms with Gasteiger partial charge in [0.2, 0.25) is 0 Å². The van der Waals surface area contributed by atoms with Crippen LogP contribution in [-0.2, 0) is 6.42 Å². The van der Waals surface area contributed by atoms with Crippen LogP contribution in [0.25, 0.3) is 0 Å². The molecular weight excluding hydrogens is 315 g/mol. The van der Waals surface area contributed by atoms with Gasteiger partial charge in [-0.3, -0.25) is 9.88 Å². The molecular formula is C18H20F3N3. The molecule has 0 fully saturated rings. The first-order valence-corrected chi connectivity index (χ1v) is 7.87. The van der Waals surface area contributed by atoms with Crippen molar-refractivity contribution < 1.29 is 13.2 Å². The number of pyridine rings is 1. The van der Waals surface area contributed by atoms with Gasteiger partial charge in [0, 0.05) is 18.4 Å². The van der Waals surface area contributed by atoms with Gasteiger partial charge in [0.25, 0.3) is 0 Å². The fraction of sp³-hybridized carbons (Fsp3) is 0.389. The van der Waals surface area contributed by atoms with Crippen LogP contribution in [0.2, 0.25) is 0 Å². The summed E-state index contributed by atoms with van der Waals surface area (Å²) in [6, 6.07) is 6.80. The number of nitrogens with two attached hydrogens (primary N) is 1. The number of nitrogen functional groups attached to an aromatic ring is 1. The Bertz CT molecular complexity index is 738. The van der Waals surface area contributed by atoms with Crippen LogP contribution in [0.1, 0.15) is 34.0 Å². The van der Waals surface area contributed by atoms with E-state index in [1.807, 2.05) is 32.0 Å². The van der Waals surface area contributed by atoms with E-state index in [1.165, 1.54) is 4.90 Å². The number of aromatic nitrogens is 1. The number of benzene rings is 1. The van der Waals surface area contributed by atoms with Crippen LogP contribution in [0.15, 0.2) is 30.5 Å². The maximum atomic E-state index is 13.0. The van der Waals surface area contributed by atoms with Crippen molar-refractivity contribution in [3.63, 3.8) is 0 Å². The molecule has 3 rings (SSSR count). The highest BCUT2D eigenvalue weighted by Gasteiger charge is 2.38. The molecule has 1 aliphatic rings. The molecule has 1 aliphatic heterocycles. The molecule has 0 radical (unpaired) electrons. The SMILES string of the molecule is Cc1ccc(C2c3ccc(N)c(C)c3CCN2CC(F)(F)F)nc1. The largest absolute Gasteiger partial charge is 0.401 e. The molecule has 0 saturated carbocycles. The van der Waals surface area contributed by atoms with Crippen molar-refractivity contribution in [2.45, 2.75) is 32.5 Å². The van der Waals surface area contributed by atoms with Crippen LogP contribution in [0.5, 0.6) is 0 Å². The molecule has 0 saturated heterocycles. The molecule has 3 nitrogen and oxygen atoms in total. The van der Waals surface area contributed by atoms with Crippen LogP contribution in [-0.4, -0.2) is 29.1 Å². The van der Waals surface area contributed by atoms with Gasteiger partial charge in [-0.05, 0) is 54.7 Å². The predicted molar refractivity (Wildman–Crippen MR) is 87.7 cm³/mol. The van der Waals surface area contributed by atoms with E-state index in [0.29, 0.717) is 24.3 Å². The predicted octanol–water partition coefficient (Wildman–Crippen LogP) is 3.79. The van der Waals surface area contributed by atoms with Gasteiger partial charge in [-0.25, -0.2) is 0 Å². The third-order valence-electron chi connectivity index (χ3n) is 4.58. The molecule has 1 aromatic carbocycles. The molecule has 0 bridgehead atoms. The fourth-order valence-electron chi connectivity index (χ4n) is 3.35. The van der Waals surface area contributed by atoms with Gasteiger partial charge in [-0.1, -0.05) is 12.1 Å². The summed E-state index contributed by atoms with van der Waals surface area (Å²) in [4.78, 5) is 5.85. The number of rotatable bonds is 2. The monoisotopic (exact) mass is 335 g/mol. The van der Waals surface area contributed by atoms with Gasteiger partial charge in [-0.2, -0.15) is 13.2 Å². The standard InChI is InChI=1S/C18H20F3N3/c1-11-3-6-16(23-9-11)17-14-4-5-15(22)12(2)13(14)7-8-24(17)10-18(19,20)21/h3-6,9,17H,7-8,10,22H2,1-2H3. The molecule has 0 amide bonds. The van der Waals surface area contributed by atoms with Crippen molar-refractivity contribution in [1.29, 1.82) is 0 Å². The number of fused-ring (bicyclic) bond motifs is 1. The van der Waals surface area contributed by atoms with E-state index in [0.717, 1.165) is 22.3 Å². The van der Waals surface area contributed by atoms with Gasteiger partial charge in [0.05, 0.1) is 18.3 Å². The van der Waals surface area contributed by atoms with Crippen molar-refractivity contribution in [2.75, 3.05) is 18.8 Å². The first kappa shape index (κ1) is 16.8. The van der Waals surface area contributed by atoms with E-state index in [1.54, 1.807) is 12.3 Å². The summed E-state index contributed by atoms with van der Waals surface area (Å²) in [5.74, 6) is 0. The number of anilines is 1. The third kappa shape index (κ3) is 3.24. The Labute approximate surface area is 139 Å². The highest BCUT2D eigenvalue weighted by Crippen LogP contribution is 2.38. The van der Waals surface area contributed by atoms with E-state index in [9.17, 15) is 13.2 Å². The maximum absolute atomic E-state index is 13.0. The van der Waals surface area contributed by atoms with Crippen molar-refractivity contribution in [2.24, 2.45) is 0 Å². The molecule has 0 spiro atoms. The molecule has 24 heavy (non-hydrogen) atoms. The summed E-state index contributed by atoms with van der Waals surface area (Å²) in [5.41, 5.74) is 11.1. The number of hydrogen-bond donors (Lipinski definition) is 1. The molecule has 1 unspecified atom stereocenters. The minimum atomic E-state index is -4.25. The molecule has 1 aromatic heterocycles. The second-order valence-corrected chi connectivity index (χ2v) is 6.35. The maximum Gasteiger partial charge on any atom is 0.401 e. The molecule has 0 aliphatic carbocycles. The second-order valence-electron chi connectivity index (χ2n) is 6.35. The van der Waals surface area contributed by atoms with E-state index in [-0.39, 0.29) is 0 Å². The van der Waals surface area contributed by atoms with E-state index in [4.69, 9.17) is 5.73 Å². The van der Waals surface area contributed by atoms with Crippen molar-refractivity contribution in [3.05, 3.63) is 58.4 Å². The van der Waals surface area contributed by atoms with Crippen LogP contribution in [0.4, 0.5) is 18.9 Å². The zero-order valence-corrected chi connectivity index (χ0v) is 13.7. The zero-order chi connectivity index (χ0) is 17.5. The Hall–Kier alpha value is -2.08. The summed E-state index contributed by atoms with van der Waals surface area (Å²) in [6.07, 6.45) is -1.99. The number of nitrogens with zero attached hydrogens (tertiary/aromatic N) is 2. The first-order valence-electron chi connectivity index (χ1n) is 7.87. The lowest BCUT2D eigenvalue weighted by Crippen LogP contribution is -2.42. The summed E-state index contributed by atoms with van der Waals surface area (Å²) in [7, 11) is 0. The Morgan fingerprint density at radius 3 is 2.58 bits per heavy atom. The minimum absolute atomic E-state index is 0.330. The van der Waals surface area contributed by atoms with Gasteiger partial charge < -0.3 is 5.73 Å². The molecule has 2 N–H and O–H groups in total. The third-order valence-corrected chi connectivity index (χ3v) is 4.58. The van der Waals surface area contributed by atoms with Crippen LogP contribution in [0, 0.1) is 13.8 Å². The summed E-state index contributed by atoms with van der Waals surface area (Å²) in [5, 5.41) is 0. The molecule has 1 atom stereocenters. The van der Waals surface area contributed by atoms with Gasteiger partial charge in [-0.15, -0.1) is 0 Å². The quantitative estimate of drug-likeness (QED) is 0.849. The highest BCUT2D eigenvalue weighted by molar-refractivity contribution is 5.55. The van der Waals surface area contributed by atoms with Crippen LogP contribution >= 0.6 is 0 Å². The average molecular weight is 335 g/mol. The summed E-state index contributed by atoms with van der Waals surface area (Å²) >= 11 is 0. The minimum Gasteiger partial charge on any atom is -0.399 e. The van der Waals surface area contributed by atoms with Crippen LogP contribution in [0.3, 0.4) is 0 Å². The average Bonchev–Trinajstić information content (AvgIpc) is 2.50.